The van der Waals surface area contributed by atoms with Gasteiger partial charge in [0.05, 0.1) is 17.4 Å². The Morgan fingerprint density at radius 1 is 1.21 bits per heavy atom. The van der Waals surface area contributed by atoms with Crippen molar-refractivity contribution in [3.63, 3.8) is 0 Å². The Bertz CT molecular complexity index is 965. The largest absolute Gasteiger partial charge is 0.484 e. The number of carbonyl (C=O) groups is 1. The molecule has 0 spiro atoms. The van der Waals surface area contributed by atoms with Crippen molar-refractivity contribution in [2.75, 3.05) is 11.9 Å². The molecule has 3 aromatic rings. The van der Waals surface area contributed by atoms with Crippen LogP contribution in [0.1, 0.15) is 19.4 Å². The first-order valence-corrected chi connectivity index (χ1v) is 8.63. The van der Waals surface area contributed by atoms with E-state index in [9.17, 15) is 18.0 Å². The number of carbonyl (C=O) groups excluding carboxylic acids is 1. The van der Waals surface area contributed by atoms with Crippen LogP contribution in [0.2, 0.25) is 0 Å². The minimum absolute atomic E-state index is 0.137. The Morgan fingerprint density at radius 2 is 1.93 bits per heavy atom. The molecule has 0 atom stereocenters. The molecule has 0 saturated carbocycles. The van der Waals surface area contributed by atoms with Gasteiger partial charge in [-0.3, -0.25) is 9.48 Å². The first-order valence-electron chi connectivity index (χ1n) is 8.63. The first kappa shape index (κ1) is 19.7. The van der Waals surface area contributed by atoms with E-state index >= 15 is 0 Å². The van der Waals surface area contributed by atoms with Gasteiger partial charge in [-0.1, -0.05) is 26.0 Å². The number of aromatic nitrogens is 3. The molecule has 0 fully saturated rings. The van der Waals surface area contributed by atoms with Crippen LogP contribution in [0.25, 0.3) is 10.9 Å². The standard InChI is InChI=1S/C19H19F3N4O2/c1-12(2)18(27)24-17-15-10-26(25-16(15)7-8-23-17)9-13-3-5-14(6-4-13)28-11-19(20,21)22/h3-8,10,12H,9,11H2,1-2H3,(H,23,24,27). The van der Waals surface area contributed by atoms with E-state index in [1.807, 2.05) is 0 Å². The SMILES string of the molecule is CC(C)C(=O)Nc1nccc2nn(Cc3ccc(OCC(F)(F)F)cc3)cc12. The molecular formula is C19H19F3N4O2. The summed E-state index contributed by atoms with van der Waals surface area (Å²) in [4.78, 5) is 16.1. The average Bonchev–Trinajstić information content (AvgIpc) is 3.04. The van der Waals surface area contributed by atoms with Crippen molar-refractivity contribution >= 4 is 22.6 Å². The van der Waals surface area contributed by atoms with Crippen molar-refractivity contribution in [3.05, 3.63) is 48.3 Å². The number of alkyl halides is 3. The number of amides is 1. The highest BCUT2D eigenvalue weighted by molar-refractivity contribution is 5.99. The second kappa shape index (κ2) is 7.87. The van der Waals surface area contributed by atoms with Gasteiger partial charge in [0.1, 0.15) is 11.6 Å². The lowest BCUT2D eigenvalue weighted by atomic mass is 10.2. The molecule has 0 aliphatic heterocycles. The van der Waals surface area contributed by atoms with Gasteiger partial charge in [0.2, 0.25) is 5.91 Å². The van der Waals surface area contributed by atoms with E-state index in [4.69, 9.17) is 4.74 Å². The molecule has 0 aliphatic rings. The number of halogens is 3. The molecule has 0 unspecified atom stereocenters. The van der Waals surface area contributed by atoms with Crippen LogP contribution in [0.15, 0.2) is 42.7 Å². The molecule has 28 heavy (non-hydrogen) atoms. The van der Waals surface area contributed by atoms with Gasteiger partial charge in [0.25, 0.3) is 0 Å². The Hall–Kier alpha value is -3.10. The molecule has 2 heterocycles. The summed E-state index contributed by atoms with van der Waals surface area (Å²) in [6.45, 7) is 2.67. The van der Waals surface area contributed by atoms with Crippen LogP contribution in [0.4, 0.5) is 19.0 Å². The van der Waals surface area contributed by atoms with Gasteiger partial charge in [-0.15, -0.1) is 0 Å². The number of fused-ring (bicyclic) bond motifs is 1. The topological polar surface area (TPSA) is 69.0 Å². The van der Waals surface area contributed by atoms with Gasteiger partial charge in [-0.2, -0.15) is 18.3 Å². The molecule has 148 valence electrons. The van der Waals surface area contributed by atoms with Gasteiger partial charge in [-0.05, 0) is 23.8 Å². The van der Waals surface area contributed by atoms with E-state index in [2.05, 4.69) is 15.4 Å². The van der Waals surface area contributed by atoms with Crippen LogP contribution in [0.5, 0.6) is 5.75 Å². The van der Waals surface area contributed by atoms with E-state index in [0.717, 1.165) is 5.56 Å². The number of hydrogen-bond acceptors (Lipinski definition) is 4. The fourth-order valence-electron chi connectivity index (χ4n) is 2.48. The Kier molecular flexibility index (Phi) is 5.53. The van der Waals surface area contributed by atoms with Gasteiger partial charge < -0.3 is 10.1 Å². The second-order valence-corrected chi connectivity index (χ2v) is 6.61. The molecule has 0 bridgehead atoms. The Balaban J connectivity index is 1.73. The third-order valence-electron chi connectivity index (χ3n) is 3.92. The highest BCUT2D eigenvalue weighted by Gasteiger charge is 2.28. The molecule has 0 aliphatic carbocycles. The number of benzene rings is 1. The molecule has 6 nitrogen and oxygen atoms in total. The van der Waals surface area contributed by atoms with Crippen molar-refractivity contribution < 1.29 is 22.7 Å². The van der Waals surface area contributed by atoms with Gasteiger partial charge in [0, 0.05) is 18.3 Å². The Labute approximate surface area is 159 Å². The molecule has 0 saturated heterocycles. The lowest BCUT2D eigenvalue weighted by Crippen LogP contribution is -2.19. The number of anilines is 1. The highest BCUT2D eigenvalue weighted by Crippen LogP contribution is 2.22. The summed E-state index contributed by atoms with van der Waals surface area (Å²) in [5.74, 6) is 0.278. The third kappa shape index (κ3) is 4.99. The molecule has 1 amide bonds. The summed E-state index contributed by atoms with van der Waals surface area (Å²) in [7, 11) is 0. The summed E-state index contributed by atoms with van der Waals surface area (Å²) in [6, 6.07) is 8.07. The van der Waals surface area contributed by atoms with Crippen molar-refractivity contribution in [3.8, 4) is 5.75 Å². The van der Waals surface area contributed by atoms with Crippen molar-refractivity contribution in [2.24, 2.45) is 5.92 Å². The number of hydrogen-bond donors (Lipinski definition) is 1. The number of pyridine rings is 1. The first-order chi connectivity index (χ1) is 13.2. The lowest BCUT2D eigenvalue weighted by Gasteiger charge is -2.09. The third-order valence-corrected chi connectivity index (χ3v) is 3.92. The fraction of sp³-hybridized carbons (Fsp3) is 0.316. The maximum atomic E-state index is 12.2. The summed E-state index contributed by atoms with van der Waals surface area (Å²) >= 11 is 0. The average molecular weight is 392 g/mol. The number of ether oxygens (including phenoxy) is 1. The minimum Gasteiger partial charge on any atom is -0.484 e. The van der Waals surface area contributed by atoms with Gasteiger partial charge in [0.15, 0.2) is 6.61 Å². The maximum Gasteiger partial charge on any atom is 0.422 e. The summed E-state index contributed by atoms with van der Waals surface area (Å²) in [6.07, 6.45) is -1.03. The molecule has 1 N–H and O–H groups in total. The molecule has 9 heteroatoms. The smallest absolute Gasteiger partial charge is 0.422 e. The van der Waals surface area contributed by atoms with E-state index in [-0.39, 0.29) is 17.6 Å². The van der Waals surface area contributed by atoms with E-state index < -0.39 is 12.8 Å². The second-order valence-electron chi connectivity index (χ2n) is 6.61. The predicted octanol–water partition coefficient (Wildman–Crippen LogP) is 4.02. The van der Waals surface area contributed by atoms with Crippen molar-refractivity contribution in [1.29, 1.82) is 0 Å². The predicted molar refractivity (Wildman–Crippen MR) is 98.1 cm³/mol. The summed E-state index contributed by atoms with van der Waals surface area (Å²) < 4.78 is 43.0. The molecule has 0 radical (unpaired) electrons. The van der Waals surface area contributed by atoms with Gasteiger partial charge in [-0.25, -0.2) is 4.98 Å². The number of nitrogens with one attached hydrogen (secondary N) is 1. The molecule has 3 rings (SSSR count). The zero-order chi connectivity index (χ0) is 20.3. The normalized spacial score (nSPS) is 11.8. The monoisotopic (exact) mass is 392 g/mol. The Morgan fingerprint density at radius 3 is 2.57 bits per heavy atom. The van der Waals surface area contributed by atoms with Crippen LogP contribution in [-0.4, -0.2) is 33.5 Å². The van der Waals surface area contributed by atoms with Crippen LogP contribution in [-0.2, 0) is 11.3 Å². The quantitative estimate of drug-likeness (QED) is 0.688. The van der Waals surface area contributed by atoms with Crippen molar-refractivity contribution in [1.82, 2.24) is 14.8 Å². The minimum atomic E-state index is -4.37. The molecule has 2 aromatic heterocycles. The highest BCUT2D eigenvalue weighted by atomic mass is 19.4. The fourth-order valence-corrected chi connectivity index (χ4v) is 2.48. The van der Waals surface area contributed by atoms with E-state index in [1.54, 1.807) is 49.1 Å². The molecule has 1 aromatic carbocycles. The van der Waals surface area contributed by atoms with Crippen LogP contribution >= 0.6 is 0 Å². The molecular weight excluding hydrogens is 373 g/mol. The zero-order valence-corrected chi connectivity index (χ0v) is 15.3. The van der Waals surface area contributed by atoms with Crippen LogP contribution in [0, 0.1) is 5.92 Å². The summed E-state index contributed by atoms with van der Waals surface area (Å²) in [5, 5.41) is 7.95. The van der Waals surface area contributed by atoms with Crippen molar-refractivity contribution in [2.45, 2.75) is 26.6 Å². The maximum absolute atomic E-state index is 12.2. The van der Waals surface area contributed by atoms with Crippen LogP contribution in [0.3, 0.4) is 0 Å². The zero-order valence-electron chi connectivity index (χ0n) is 15.3. The van der Waals surface area contributed by atoms with E-state index in [0.29, 0.717) is 23.3 Å². The van der Waals surface area contributed by atoms with Gasteiger partial charge >= 0.3 is 6.18 Å². The number of nitrogens with zero attached hydrogens (tertiary/aromatic N) is 3. The lowest BCUT2D eigenvalue weighted by molar-refractivity contribution is -0.153. The number of rotatable bonds is 6. The summed E-state index contributed by atoms with van der Waals surface area (Å²) in [5.41, 5.74) is 1.52. The van der Waals surface area contributed by atoms with E-state index in [1.165, 1.54) is 12.1 Å². The van der Waals surface area contributed by atoms with Crippen LogP contribution < -0.4 is 10.1 Å².